The minimum absolute atomic E-state index is 0.0102. The van der Waals surface area contributed by atoms with Gasteiger partial charge in [0.2, 0.25) is 11.7 Å². The molecule has 1 amide bonds. The van der Waals surface area contributed by atoms with E-state index in [-0.39, 0.29) is 22.1 Å². The third kappa shape index (κ3) is 3.36. The number of halogens is 2. The van der Waals surface area contributed by atoms with Crippen molar-refractivity contribution < 1.29 is 13.6 Å². The van der Waals surface area contributed by atoms with Crippen LogP contribution in [-0.2, 0) is 18.8 Å². The van der Waals surface area contributed by atoms with Gasteiger partial charge >= 0.3 is 0 Å². The zero-order chi connectivity index (χ0) is 24.2. The molecule has 8 heteroatoms. The number of benzene rings is 2. The summed E-state index contributed by atoms with van der Waals surface area (Å²) in [4.78, 5) is 25.1. The predicted octanol–water partition coefficient (Wildman–Crippen LogP) is 5.06. The first-order chi connectivity index (χ1) is 17.0. The van der Waals surface area contributed by atoms with Crippen molar-refractivity contribution in [2.24, 2.45) is 5.73 Å². The Morgan fingerprint density at radius 2 is 1.80 bits per heavy atom. The van der Waals surface area contributed by atoms with E-state index in [2.05, 4.69) is 27.1 Å². The number of nitrogens with zero attached hydrogens (tertiary/aromatic N) is 4. The van der Waals surface area contributed by atoms with E-state index in [1.807, 2.05) is 35.0 Å². The molecule has 0 atom stereocenters. The molecule has 0 saturated heterocycles. The lowest BCUT2D eigenvalue weighted by molar-refractivity contribution is 0.0998. The molecule has 0 unspecified atom stereocenters. The van der Waals surface area contributed by atoms with Crippen LogP contribution in [-0.4, -0.2) is 25.3 Å². The number of carbonyl (C=O) groups is 1. The Kier molecular flexibility index (Phi) is 4.84. The van der Waals surface area contributed by atoms with Crippen LogP contribution in [0.5, 0.6) is 0 Å². The molecule has 6 rings (SSSR count). The first-order valence-electron chi connectivity index (χ1n) is 11.3. The summed E-state index contributed by atoms with van der Waals surface area (Å²) in [7, 11) is 0. The highest BCUT2D eigenvalue weighted by Crippen LogP contribution is 2.53. The van der Waals surface area contributed by atoms with Crippen molar-refractivity contribution in [2.45, 2.75) is 31.6 Å². The summed E-state index contributed by atoms with van der Waals surface area (Å²) in [5.74, 6) is -0.260. The van der Waals surface area contributed by atoms with Crippen LogP contribution in [0.3, 0.4) is 0 Å². The Morgan fingerprint density at radius 3 is 2.54 bits per heavy atom. The molecule has 2 N–H and O–H groups in total. The van der Waals surface area contributed by atoms with Gasteiger partial charge in [-0.05, 0) is 65.4 Å². The van der Waals surface area contributed by atoms with Crippen LogP contribution < -0.4 is 5.73 Å². The topological polar surface area (TPSA) is 86.2 Å². The molecule has 6 nitrogen and oxygen atoms in total. The van der Waals surface area contributed by atoms with Gasteiger partial charge in [-0.3, -0.25) is 14.2 Å². The molecule has 3 aromatic heterocycles. The van der Waals surface area contributed by atoms with E-state index in [0.717, 1.165) is 29.4 Å². The number of carbonyl (C=O) groups excluding carboxylic acids is 1. The summed E-state index contributed by atoms with van der Waals surface area (Å²) in [6.45, 7) is -1.71. The van der Waals surface area contributed by atoms with E-state index in [9.17, 15) is 13.6 Å². The van der Waals surface area contributed by atoms with Crippen LogP contribution in [0.15, 0.2) is 67.3 Å². The summed E-state index contributed by atoms with van der Waals surface area (Å²) in [5, 5.41) is 1.07. The van der Waals surface area contributed by atoms with Crippen LogP contribution in [0.4, 0.5) is 8.78 Å². The quantitative estimate of drug-likeness (QED) is 0.377. The van der Waals surface area contributed by atoms with Gasteiger partial charge in [0.05, 0.1) is 17.4 Å². The maximum absolute atomic E-state index is 13.9. The molecule has 0 spiro atoms. The molecule has 174 valence electrons. The van der Waals surface area contributed by atoms with Crippen molar-refractivity contribution in [2.75, 3.05) is 0 Å². The average Bonchev–Trinajstić information content (AvgIpc) is 3.59. The summed E-state index contributed by atoms with van der Waals surface area (Å²) in [5.41, 5.74) is 9.73. The maximum Gasteiger partial charge on any atom is 0.249 e. The Morgan fingerprint density at radius 1 is 1.00 bits per heavy atom. The highest BCUT2D eigenvalue weighted by atomic mass is 19.1. The van der Waals surface area contributed by atoms with Crippen molar-refractivity contribution in [3.63, 3.8) is 0 Å². The normalized spacial score (nSPS) is 14.5. The Hall–Kier alpha value is -4.20. The maximum atomic E-state index is 13.9. The van der Waals surface area contributed by atoms with Crippen molar-refractivity contribution >= 4 is 22.6 Å². The summed E-state index contributed by atoms with van der Waals surface area (Å²) in [6, 6.07) is 13.1. The SMILES string of the molecule is NC(=O)c1cc(CF)c(-c2cnc3ncc(C4(c5ccc6ncccc6c5)CC4)n3c2)cc1CF. The zero-order valence-corrected chi connectivity index (χ0v) is 18.7. The fourth-order valence-electron chi connectivity index (χ4n) is 4.97. The molecular weight excluding hydrogens is 448 g/mol. The molecule has 1 aliphatic carbocycles. The van der Waals surface area contributed by atoms with E-state index in [0.29, 0.717) is 16.9 Å². The highest BCUT2D eigenvalue weighted by molar-refractivity contribution is 5.95. The number of alkyl halides is 2. The number of rotatable bonds is 6. The second-order valence-electron chi connectivity index (χ2n) is 8.95. The van der Waals surface area contributed by atoms with Crippen LogP contribution in [0.2, 0.25) is 0 Å². The van der Waals surface area contributed by atoms with Crippen molar-refractivity contribution in [3.8, 4) is 11.1 Å². The molecule has 3 heterocycles. The largest absolute Gasteiger partial charge is 0.366 e. The van der Waals surface area contributed by atoms with Gasteiger partial charge in [0, 0.05) is 40.5 Å². The Labute approximate surface area is 199 Å². The second kappa shape index (κ2) is 7.94. The molecule has 1 fully saturated rings. The standard InChI is InChI=1S/C27H21F2N5O/c28-11-17-10-22(25(30)35)18(12-29)9-21(17)19-13-32-26-33-14-24(34(26)15-19)27(5-6-27)20-3-4-23-16(8-20)2-1-7-31-23/h1-4,7-10,13-15H,5-6,11-12H2,(H2,30,35). The molecule has 35 heavy (non-hydrogen) atoms. The fraction of sp³-hybridized carbons (Fsp3) is 0.185. The molecule has 0 bridgehead atoms. The van der Waals surface area contributed by atoms with Gasteiger partial charge in [-0.2, -0.15) is 0 Å². The van der Waals surface area contributed by atoms with Gasteiger partial charge in [0.1, 0.15) is 13.3 Å². The Bertz CT molecular complexity index is 1620. The number of amides is 1. The number of fused-ring (bicyclic) bond motifs is 2. The first-order valence-corrected chi connectivity index (χ1v) is 11.3. The third-order valence-corrected chi connectivity index (χ3v) is 6.95. The van der Waals surface area contributed by atoms with E-state index in [1.165, 1.54) is 17.7 Å². The van der Waals surface area contributed by atoms with E-state index in [4.69, 9.17) is 5.73 Å². The molecule has 1 aliphatic rings. The highest BCUT2D eigenvalue weighted by Gasteiger charge is 2.48. The Balaban J connectivity index is 1.49. The van der Waals surface area contributed by atoms with Crippen LogP contribution in [0, 0.1) is 0 Å². The van der Waals surface area contributed by atoms with Crippen molar-refractivity contribution in [3.05, 3.63) is 95.2 Å². The number of hydrogen-bond donors (Lipinski definition) is 1. The second-order valence-corrected chi connectivity index (χ2v) is 8.95. The molecule has 0 radical (unpaired) electrons. The third-order valence-electron chi connectivity index (χ3n) is 6.95. The van der Waals surface area contributed by atoms with Crippen LogP contribution in [0.25, 0.3) is 27.8 Å². The van der Waals surface area contributed by atoms with Crippen LogP contribution in [0.1, 0.15) is 45.6 Å². The van der Waals surface area contributed by atoms with Crippen molar-refractivity contribution in [1.29, 1.82) is 0 Å². The van der Waals surface area contributed by atoms with Gasteiger partial charge in [-0.25, -0.2) is 18.7 Å². The lowest BCUT2D eigenvalue weighted by Gasteiger charge is -2.17. The number of pyridine rings is 1. The van der Waals surface area contributed by atoms with Crippen molar-refractivity contribution in [1.82, 2.24) is 19.4 Å². The lowest BCUT2D eigenvalue weighted by atomic mass is 9.91. The lowest BCUT2D eigenvalue weighted by Crippen LogP contribution is -2.14. The van der Waals surface area contributed by atoms with Gasteiger partial charge < -0.3 is 5.73 Å². The number of hydrogen-bond acceptors (Lipinski definition) is 4. The van der Waals surface area contributed by atoms with Crippen LogP contribution >= 0.6 is 0 Å². The number of aromatic nitrogens is 4. The fourth-order valence-corrected chi connectivity index (χ4v) is 4.97. The number of nitrogens with two attached hydrogens (primary N) is 1. The summed E-state index contributed by atoms with van der Waals surface area (Å²) >= 11 is 0. The average molecular weight is 469 g/mol. The van der Waals surface area contributed by atoms with Gasteiger partial charge in [-0.15, -0.1) is 0 Å². The van der Waals surface area contributed by atoms with Gasteiger partial charge in [-0.1, -0.05) is 12.1 Å². The predicted molar refractivity (Wildman–Crippen MR) is 128 cm³/mol. The molecule has 1 saturated carbocycles. The summed E-state index contributed by atoms with van der Waals surface area (Å²) < 4.78 is 29.5. The number of imidazole rings is 1. The molecular formula is C27H21F2N5O. The van der Waals surface area contributed by atoms with Gasteiger partial charge in [0.25, 0.3) is 0 Å². The minimum Gasteiger partial charge on any atom is -0.366 e. The minimum atomic E-state index is -0.885. The smallest absolute Gasteiger partial charge is 0.249 e. The van der Waals surface area contributed by atoms with E-state index >= 15 is 0 Å². The van der Waals surface area contributed by atoms with E-state index < -0.39 is 19.3 Å². The van der Waals surface area contributed by atoms with Gasteiger partial charge in [0.15, 0.2) is 0 Å². The van der Waals surface area contributed by atoms with E-state index in [1.54, 1.807) is 12.4 Å². The number of primary amides is 1. The zero-order valence-electron chi connectivity index (χ0n) is 18.7. The summed E-state index contributed by atoms with van der Waals surface area (Å²) in [6.07, 6.45) is 8.99. The molecule has 0 aliphatic heterocycles. The molecule has 2 aromatic carbocycles. The first kappa shape index (κ1) is 21.3. The molecule has 5 aromatic rings. The monoisotopic (exact) mass is 469 g/mol.